The summed E-state index contributed by atoms with van der Waals surface area (Å²) in [5, 5.41) is 12.6. The van der Waals surface area contributed by atoms with Crippen LogP contribution in [0.2, 0.25) is 57.4 Å². The average molecular weight is 390 g/mol. The molecule has 24 heavy (non-hydrogen) atoms. The van der Waals surface area contributed by atoms with Gasteiger partial charge in [-0.3, -0.25) is 0 Å². The Balaban J connectivity index is 5.09. The van der Waals surface area contributed by atoms with E-state index in [1.165, 1.54) is 18.5 Å². The van der Waals surface area contributed by atoms with Crippen molar-refractivity contribution in [2.24, 2.45) is 0 Å². The Morgan fingerprint density at radius 3 is 2.12 bits per heavy atom. The van der Waals surface area contributed by atoms with Crippen molar-refractivity contribution in [1.82, 2.24) is 5.32 Å². The number of rotatable bonds is 13. The molecule has 0 rings (SSSR count). The lowest BCUT2D eigenvalue weighted by Gasteiger charge is -2.28. The fourth-order valence-electron chi connectivity index (χ4n) is 2.59. The van der Waals surface area contributed by atoms with Crippen molar-refractivity contribution >= 4 is 31.9 Å². The molecule has 0 saturated heterocycles. The van der Waals surface area contributed by atoms with Crippen LogP contribution in [0.4, 0.5) is 0 Å². The topological polar surface area (TPSA) is 58.6 Å². The second-order valence-corrected chi connectivity index (χ2v) is 19.1. The van der Waals surface area contributed by atoms with Gasteiger partial charge in [-0.2, -0.15) is 0 Å². The molecule has 0 aliphatic heterocycles. The third-order valence-corrected chi connectivity index (χ3v) is 9.98. The predicted molar refractivity (Wildman–Crippen MR) is 113 cm³/mol. The number of likely N-dealkylation sites (N-methyl/N-ethyl adjacent to an activating group) is 1. The van der Waals surface area contributed by atoms with Crippen LogP contribution in [-0.2, 0) is 9.22 Å². The summed E-state index contributed by atoms with van der Waals surface area (Å²) in [6.07, 6.45) is 2.98. The zero-order valence-corrected chi connectivity index (χ0v) is 20.2. The molecule has 142 valence electrons. The van der Waals surface area contributed by atoms with Crippen LogP contribution in [0.5, 0.6) is 0 Å². The summed E-state index contributed by atoms with van der Waals surface area (Å²) >= 11 is 0. The van der Waals surface area contributed by atoms with E-state index in [-0.39, 0.29) is 0 Å². The van der Waals surface area contributed by atoms with E-state index in [2.05, 4.69) is 44.6 Å². The summed E-state index contributed by atoms with van der Waals surface area (Å²) in [7, 11) is -1.19. The first-order valence-electron chi connectivity index (χ1n) is 9.38. The van der Waals surface area contributed by atoms with E-state index >= 15 is 0 Å². The second kappa shape index (κ2) is 12.1. The van der Waals surface area contributed by atoms with Crippen molar-refractivity contribution in [1.29, 1.82) is 0 Å². The summed E-state index contributed by atoms with van der Waals surface area (Å²) in [5.74, 6) is -0.106. The number of carbonyl (C=O) groups is 1. The van der Waals surface area contributed by atoms with Crippen LogP contribution in [0.3, 0.4) is 0 Å². The van der Waals surface area contributed by atoms with Crippen molar-refractivity contribution < 1.29 is 14.3 Å². The maximum atomic E-state index is 11.7. The van der Waals surface area contributed by atoms with Gasteiger partial charge in [0.1, 0.15) is 0 Å². The average Bonchev–Trinajstić information content (AvgIpc) is 2.45. The summed E-state index contributed by atoms with van der Waals surface area (Å²) in [5.41, 5.74) is 0.418. The molecule has 0 aliphatic rings. The van der Waals surface area contributed by atoms with Gasteiger partial charge in [0.25, 0.3) is 0 Å². The molecule has 0 fully saturated rings. The Bertz CT molecular complexity index is 410. The van der Waals surface area contributed by atoms with Crippen LogP contribution in [0, 0.1) is 0 Å². The predicted octanol–water partition coefficient (Wildman–Crippen LogP) is 3.91. The van der Waals surface area contributed by atoms with E-state index in [4.69, 9.17) is 4.43 Å². The lowest BCUT2D eigenvalue weighted by atomic mass is 10.1. The fraction of sp³-hybridized carbons (Fsp3) is 0.824. The normalized spacial score (nSPS) is 13.4. The van der Waals surface area contributed by atoms with Gasteiger partial charge in [0.15, 0.2) is 0 Å². The zero-order chi connectivity index (χ0) is 18.8. The Morgan fingerprint density at radius 2 is 1.67 bits per heavy atom. The van der Waals surface area contributed by atoms with Crippen LogP contribution < -0.4 is 5.32 Å². The van der Waals surface area contributed by atoms with E-state index in [1.54, 1.807) is 7.05 Å². The smallest absolute Gasteiger partial charge is 0.336 e. The van der Waals surface area contributed by atoms with Gasteiger partial charge in [0.05, 0.1) is 11.3 Å². The van der Waals surface area contributed by atoms with E-state index in [1.807, 2.05) is 0 Å². The Kier molecular flexibility index (Phi) is 11.9. The highest BCUT2D eigenvalue weighted by Crippen LogP contribution is 2.25. The van der Waals surface area contributed by atoms with Crippen molar-refractivity contribution in [3.8, 4) is 0 Å². The first-order chi connectivity index (χ1) is 11.1. The van der Waals surface area contributed by atoms with E-state index in [0.717, 1.165) is 24.6 Å². The van der Waals surface area contributed by atoms with Crippen LogP contribution in [0.15, 0.2) is 11.3 Å². The molecule has 0 aromatic rings. The van der Waals surface area contributed by atoms with Crippen molar-refractivity contribution in [2.75, 3.05) is 13.6 Å². The molecule has 0 heterocycles. The molecule has 4 nitrogen and oxygen atoms in total. The highest BCUT2D eigenvalue weighted by Gasteiger charge is 2.28. The highest BCUT2D eigenvalue weighted by molar-refractivity contribution is 6.73. The molecular weight excluding hydrogens is 350 g/mol. The van der Waals surface area contributed by atoms with Gasteiger partial charge in [-0.15, -0.1) is 0 Å². The summed E-state index contributed by atoms with van der Waals surface area (Å²) < 4.78 is 6.40. The maximum absolute atomic E-state index is 11.7. The lowest BCUT2D eigenvalue weighted by molar-refractivity contribution is -0.132. The molecule has 0 unspecified atom stereocenters. The van der Waals surface area contributed by atoms with Crippen molar-refractivity contribution in [2.45, 2.75) is 76.7 Å². The maximum Gasteiger partial charge on any atom is 0.336 e. The number of unbranched alkanes of at least 4 members (excludes halogenated alkanes) is 1. The first kappa shape index (κ1) is 23.6. The van der Waals surface area contributed by atoms with E-state index in [0.29, 0.717) is 12.1 Å². The molecule has 0 atom stereocenters. The molecule has 0 saturated carbocycles. The number of hydrogen-bond donors (Lipinski definition) is 2. The zero-order valence-electron chi connectivity index (χ0n) is 16.9. The van der Waals surface area contributed by atoms with Gasteiger partial charge >= 0.3 is 5.97 Å². The second-order valence-electron chi connectivity index (χ2n) is 8.17. The first-order valence-corrected chi connectivity index (χ1v) is 18.7. The van der Waals surface area contributed by atoms with Gasteiger partial charge < -0.3 is 14.8 Å². The molecule has 0 radical (unpaired) electrons. The number of carboxylic acid groups (broad SMARTS) is 1. The van der Waals surface area contributed by atoms with Crippen LogP contribution in [0.1, 0.15) is 19.3 Å². The molecule has 0 aliphatic carbocycles. The van der Waals surface area contributed by atoms with Crippen LogP contribution in [-0.4, -0.2) is 50.6 Å². The summed E-state index contributed by atoms with van der Waals surface area (Å²) in [4.78, 5) is 11.7. The number of carboxylic acids is 1. The molecule has 0 spiro atoms. The van der Waals surface area contributed by atoms with Gasteiger partial charge in [-0.25, -0.2) is 4.79 Å². The third-order valence-electron chi connectivity index (χ3n) is 4.11. The Hall–Kier alpha value is -0.379. The van der Waals surface area contributed by atoms with Crippen LogP contribution >= 0.6 is 0 Å². The number of allylic oxidation sites excluding steroid dienone is 1. The van der Waals surface area contributed by atoms with Gasteiger partial charge in [-0.1, -0.05) is 44.7 Å². The Labute approximate surface area is 153 Å². The molecule has 0 aromatic heterocycles. The van der Waals surface area contributed by atoms with E-state index < -0.39 is 31.9 Å². The van der Waals surface area contributed by atoms with Crippen molar-refractivity contribution in [3.05, 3.63) is 11.3 Å². The minimum absolute atomic E-state index is 0.368. The van der Waals surface area contributed by atoms with Crippen molar-refractivity contribution in [3.63, 3.8) is 0 Å². The molecule has 0 amide bonds. The summed E-state index contributed by atoms with van der Waals surface area (Å²) in [6.45, 7) is 14.3. The minimum atomic E-state index is -1.85. The minimum Gasteiger partial charge on any atom is -0.546 e. The van der Waals surface area contributed by atoms with Gasteiger partial charge in [-0.05, 0) is 32.6 Å². The van der Waals surface area contributed by atoms with Crippen LogP contribution in [0.25, 0.3) is 0 Å². The van der Waals surface area contributed by atoms with Gasteiger partial charge in [0, 0.05) is 30.6 Å². The van der Waals surface area contributed by atoms with E-state index in [9.17, 15) is 9.90 Å². The monoisotopic (exact) mass is 389 g/mol. The number of nitrogens with one attached hydrogen (secondary N) is 1. The third kappa shape index (κ3) is 11.2. The fourth-order valence-corrected chi connectivity index (χ4v) is 9.78. The number of aliphatic carboxylic acids is 1. The Morgan fingerprint density at radius 1 is 1.08 bits per heavy atom. The molecular formula is C17H39NO3Si3. The number of hydrogen-bond acceptors (Lipinski definition) is 3. The highest BCUT2D eigenvalue weighted by atomic mass is 28.4. The SMILES string of the molecule is CNCC(C(=O)O)=C(CCCC[SiH](C)C)O[Si](C)(C)CC[SiH](C)C. The largest absolute Gasteiger partial charge is 0.546 e. The molecule has 7 heteroatoms. The molecule has 0 aromatic carbocycles. The molecule has 0 bridgehead atoms. The quantitative estimate of drug-likeness (QED) is 0.217. The molecule has 2 N–H and O–H groups in total. The standard InChI is InChI=1S/C17H39NO3Si3/c1-18-14-15(17(19)20)16(10-8-9-11-22(2)3)21-24(6,7)13-12-23(4)5/h18,22-23H,8-14H2,1-7H3,(H,19,20). The lowest BCUT2D eigenvalue weighted by Crippen LogP contribution is -2.32. The summed E-state index contributed by atoms with van der Waals surface area (Å²) in [6, 6.07) is 3.73. The van der Waals surface area contributed by atoms with Gasteiger partial charge in [0.2, 0.25) is 8.32 Å².